The van der Waals surface area contributed by atoms with E-state index >= 15 is 0 Å². The highest BCUT2D eigenvalue weighted by Gasteiger charge is 2.38. The minimum absolute atomic E-state index is 0.156. The highest BCUT2D eigenvalue weighted by atomic mass is 16.2. The standard InChI is InChI=1S/C12H20N2O2/c1-12(2)6-4-3-5-9(12)13-8-7-10(15)14-11(8)16/h8-9,13H,3-7H2,1-2H3,(H,14,15,16). The van der Waals surface area contributed by atoms with Gasteiger partial charge in [0, 0.05) is 6.04 Å². The molecule has 2 atom stereocenters. The molecule has 16 heavy (non-hydrogen) atoms. The van der Waals surface area contributed by atoms with E-state index in [9.17, 15) is 9.59 Å². The topological polar surface area (TPSA) is 58.2 Å². The van der Waals surface area contributed by atoms with Crippen molar-refractivity contribution >= 4 is 11.8 Å². The second-order valence-corrected chi connectivity index (χ2v) is 5.62. The van der Waals surface area contributed by atoms with Gasteiger partial charge in [-0.1, -0.05) is 26.7 Å². The number of hydrogen-bond donors (Lipinski definition) is 2. The molecular formula is C12H20N2O2. The summed E-state index contributed by atoms with van der Waals surface area (Å²) in [6, 6.07) is 0.0396. The van der Waals surface area contributed by atoms with Gasteiger partial charge in [0.25, 0.3) is 0 Å². The van der Waals surface area contributed by atoms with Crippen molar-refractivity contribution in [3.63, 3.8) is 0 Å². The normalized spacial score (nSPS) is 33.9. The molecule has 1 aliphatic carbocycles. The summed E-state index contributed by atoms with van der Waals surface area (Å²) >= 11 is 0. The van der Waals surface area contributed by atoms with Crippen molar-refractivity contribution in [2.45, 2.75) is 58.0 Å². The first-order valence-electron chi connectivity index (χ1n) is 6.09. The Morgan fingerprint density at radius 2 is 2.06 bits per heavy atom. The van der Waals surface area contributed by atoms with Gasteiger partial charge < -0.3 is 5.32 Å². The number of imide groups is 1. The Bertz CT molecular complexity index is 312. The minimum atomic E-state index is -0.310. The first-order valence-corrected chi connectivity index (χ1v) is 6.09. The van der Waals surface area contributed by atoms with Crippen molar-refractivity contribution in [1.82, 2.24) is 10.6 Å². The number of hydrogen-bond acceptors (Lipinski definition) is 3. The lowest BCUT2D eigenvalue weighted by Gasteiger charge is -2.40. The van der Waals surface area contributed by atoms with E-state index in [1.54, 1.807) is 0 Å². The smallest absolute Gasteiger partial charge is 0.244 e. The van der Waals surface area contributed by atoms with E-state index in [1.165, 1.54) is 19.3 Å². The third kappa shape index (κ3) is 2.26. The molecule has 0 aromatic rings. The molecule has 1 saturated carbocycles. The predicted molar refractivity (Wildman–Crippen MR) is 60.7 cm³/mol. The second kappa shape index (κ2) is 4.17. The largest absolute Gasteiger partial charge is 0.302 e. The number of carbonyl (C=O) groups is 2. The van der Waals surface area contributed by atoms with Gasteiger partial charge in [-0.3, -0.25) is 14.9 Å². The Labute approximate surface area is 96.2 Å². The lowest BCUT2D eigenvalue weighted by Crippen LogP contribution is -2.50. The monoisotopic (exact) mass is 224 g/mol. The number of nitrogens with one attached hydrogen (secondary N) is 2. The fraction of sp³-hybridized carbons (Fsp3) is 0.833. The molecule has 0 radical (unpaired) electrons. The van der Waals surface area contributed by atoms with Gasteiger partial charge in [0.15, 0.2) is 0 Å². The zero-order valence-corrected chi connectivity index (χ0v) is 10.0. The zero-order valence-electron chi connectivity index (χ0n) is 10.0. The van der Waals surface area contributed by atoms with Crippen molar-refractivity contribution in [3.05, 3.63) is 0 Å². The molecule has 2 aliphatic rings. The zero-order chi connectivity index (χ0) is 11.8. The van der Waals surface area contributed by atoms with Crippen LogP contribution in [0.4, 0.5) is 0 Å². The molecular weight excluding hydrogens is 204 g/mol. The lowest BCUT2D eigenvalue weighted by molar-refractivity contribution is -0.125. The van der Waals surface area contributed by atoms with E-state index in [0.29, 0.717) is 12.5 Å². The average Bonchev–Trinajstić information content (AvgIpc) is 2.49. The first-order chi connectivity index (χ1) is 7.49. The van der Waals surface area contributed by atoms with Crippen LogP contribution >= 0.6 is 0 Å². The predicted octanol–water partition coefficient (Wildman–Crippen LogP) is 0.960. The summed E-state index contributed by atoms with van der Waals surface area (Å²) < 4.78 is 0. The molecule has 2 fully saturated rings. The van der Waals surface area contributed by atoms with Crippen molar-refractivity contribution < 1.29 is 9.59 Å². The van der Waals surface area contributed by atoms with Crippen molar-refractivity contribution in [2.24, 2.45) is 5.41 Å². The maximum Gasteiger partial charge on any atom is 0.244 e. The fourth-order valence-corrected chi connectivity index (χ4v) is 2.73. The summed E-state index contributed by atoms with van der Waals surface area (Å²) in [5.41, 5.74) is 0.226. The maximum atomic E-state index is 11.5. The van der Waals surface area contributed by atoms with Crippen molar-refractivity contribution in [1.29, 1.82) is 0 Å². The highest BCUT2D eigenvalue weighted by molar-refractivity contribution is 6.05. The molecule has 2 unspecified atom stereocenters. The number of carbonyl (C=O) groups excluding carboxylic acids is 2. The van der Waals surface area contributed by atoms with Crippen LogP contribution in [0.3, 0.4) is 0 Å². The Hall–Kier alpha value is -0.900. The van der Waals surface area contributed by atoms with Gasteiger partial charge in [-0.25, -0.2) is 0 Å². The van der Waals surface area contributed by atoms with Crippen LogP contribution in [-0.4, -0.2) is 23.9 Å². The van der Waals surface area contributed by atoms with Crippen LogP contribution in [0.25, 0.3) is 0 Å². The summed E-state index contributed by atoms with van der Waals surface area (Å²) in [5, 5.41) is 5.70. The SMILES string of the molecule is CC1(C)CCCCC1NC1CC(=O)NC1=O. The summed E-state index contributed by atoms with van der Waals surface area (Å²) in [5.74, 6) is -0.317. The third-order valence-electron chi connectivity index (χ3n) is 3.88. The molecule has 0 aromatic carbocycles. The van der Waals surface area contributed by atoms with Gasteiger partial charge in [-0.2, -0.15) is 0 Å². The van der Waals surface area contributed by atoms with Crippen LogP contribution in [0.15, 0.2) is 0 Å². The van der Waals surface area contributed by atoms with E-state index in [4.69, 9.17) is 0 Å². The van der Waals surface area contributed by atoms with E-state index in [-0.39, 0.29) is 23.3 Å². The molecule has 0 aromatic heterocycles. The fourth-order valence-electron chi connectivity index (χ4n) is 2.73. The molecule has 1 heterocycles. The Balaban J connectivity index is 1.98. The van der Waals surface area contributed by atoms with E-state index < -0.39 is 0 Å². The lowest BCUT2D eigenvalue weighted by atomic mass is 9.73. The quantitative estimate of drug-likeness (QED) is 0.687. The van der Waals surface area contributed by atoms with E-state index in [1.807, 2.05) is 0 Å². The first kappa shape index (κ1) is 11.6. The Morgan fingerprint density at radius 1 is 1.31 bits per heavy atom. The minimum Gasteiger partial charge on any atom is -0.302 e. The van der Waals surface area contributed by atoms with Gasteiger partial charge in [-0.05, 0) is 18.3 Å². The van der Waals surface area contributed by atoms with Crippen molar-refractivity contribution in [2.75, 3.05) is 0 Å². The number of amides is 2. The molecule has 1 saturated heterocycles. The van der Waals surface area contributed by atoms with Crippen LogP contribution in [-0.2, 0) is 9.59 Å². The molecule has 90 valence electrons. The van der Waals surface area contributed by atoms with E-state index in [2.05, 4.69) is 24.5 Å². The summed E-state index contributed by atoms with van der Waals surface area (Å²) in [7, 11) is 0. The molecule has 2 amide bonds. The van der Waals surface area contributed by atoms with Gasteiger partial charge in [0.05, 0.1) is 12.5 Å². The maximum absolute atomic E-state index is 11.5. The van der Waals surface area contributed by atoms with Crippen LogP contribution in [0.1, 0.15) is 46.0 Å². The second-order valence-electron chi connectivity index (χ2n) is 5.62. The molecule has 4 heteroatoms. The van der Waals surface area contributed by atoms with Gasteiger partial charge in [0.2, 0.25) is 11.8 Å². The molecule has 2 N–H and O–H groups in total. The van der Waals surface area contributed by atoms with Crippen LogP contribution in [0.5, 0.6) is 0 Å². The average molecular weight is 224 g/mol. The Morgan fingerprint density at radius 3 is 2.62 bits per heavy atom. The molecule has 0 spiro atoms. The number of rotatable bonds is 2. The molecule has 0 bridgehead atoms. The van der Waals surface area contributed by atoms with Crippen LogP contribution in [0.2, 0.25) is 0 Å². The molecule has 4 nitrogen and oxygen atoms in total. The van der Waals surface area contributed by atoms with Crippen LogP contribution in [0, 0.1) is 5.41 Å². The van der Waals surface area contributed by atoms with Crippen molar-refractivity contribution in [3.8, 4) is 0 Å². The summed E-state index contributed by atoms with van der Waals surface area (Å²) in [6.45, 7) is 4.47. The molecule has 1 aliphatic heterocycles. The van der Waals surface area contributed by atoms with Gasteiger partial charge in [0.1, 0.15) is 0 Å². The van der Waals surface area contributed by atoms with Gasteiger partial charge >= 0.3 is 0 Å². The van der Waals surface area contributed by atoms with Gasteiger partial charge in [-0.15, -0.1) is 0 Å². The van der Waals surface area contributed by atoms with Crippen LogP contribution < -0.4 is 10.6 Å². The van der Waals surface area contributed by atoms with E-state index in [0.717, 1.165) is 6.42 Å². The summed E-state index contributed by atoms with van der Waals surface area (Å²) in [4.78, 5) is 22.6. The third-order valence-corrected chi connectivity index (χ3v) is 3.88. The molecule has 2 rings (SSSR count). The highest BCUT2D eigenvalue weighted by Crippen LogP contribution is 2.35. The summed E-state index contributed by atoms with van der Waals surface area (Å²) in [6.07, 6.45) is 5.06. The Kier molecular flexibility index (Phi) is 3.02.